The van der Waals surface area contributed by atoms with Crippen molar-refractivity contribution in [3.63, 3.8) is 0 Å². The molecule has 0 fully saturated rings. The Labute approximate surface area is 83.4 Å². The summed E-state index contributed by atoms with van der Waals surface area (Å²) in [6.07, 6.45) is 0. The second-order valence-electron chi connectivity index (χ2n) is 2.53. The first-order chi connectivity index (χ1) is 6.18. The van der Waals surface area contributed by atoms with Crippen LogP contribution in [0.15, 0.2) is 11.4 Å². The number of rotatable bonds is 1. The van der Waals surface area contributed by atoms with Gasteiger partial charge in [-0.15, -0.1) is 11.3 Å². The highest BCUT2D eigenvalue weighted by Crippen LogP contribution is 2.24. The molecule has 0 aliphatic carbocycles. The molecule has 0 saturated carbocycles. The summed E-state index contributed by atoms with van der Waals surface area (Å²) in [6, 6.07) is 1.84. The highest BCUT2D eigenvalue weighted by atomic mass is 35.5. The van der Waals surface area contributed by atoms with Crippen molar-refractivity contribution in [2.75, 3.05) is 0 Å². The fourth-order valence-corrected chi connectivity index (χ4v) is 2.03. The second-order valence-corrected chi connectivity index (χ2v) is 3.79. The monoisotopic (exact) mass is 212 g/mol. The number of hydrogen-bond acceptors (Lipinski definition) is 4. The SMILES string of the molecule is CC(=O)c1nc(Cl)c2ccsc2n1. The van der Waals surface area contributed by atoms with Crippen LogP contribution < -0.4 is 0 Å². The summed E-state index contributed by atoms with van der Waals surface area (Å²) in [5.74, 6) is 0.0113. The van der Waals surface area contributed by atoms with Crippen molar-refractivity contribution in [2.45, 2.75) is 6.92 Å². The molecule has 2 aromatic rings. The first kappa shape index (κ1) is 8.59. The van der Waals surface area contributed by atoms with Gasteiger partial charge in [0, 0.05) is 12.3 Å². The summed E-state index contributed by atoms with van der Waals surface area (Å²) < 4.78 is 0. The molecular weight excluding hydrogens is 208 g/mol. The van der Waals surface area contributed by atoms with Crippen LogP contribution in [-0.2, 0) is 0 Å². The lowest BCUT2D eigenvalue weighted by molar-refractivity contribution is 0.100. The predicted molar refractivity (Wildman–Crippen MR) is 52.4 cm³/mol. The highest BCUT2D eigenvalue weighted by molar-refractivity contribution is 7.16. The van der Waals surface area contributed by atoms with Crippen LogP contribution >= 0.6 is 22.9 Å². The average Bonchev–Trinajstić information content (AvgIpc) is 2.51. The summed E-state index contributed by atoms with van der Waals surface area (Å²) in [6.45, 7) is 1.42. The predicted octanol–water partition coefficient (Wildman–Crippen LogP) is 2.55. The molecule has 0 radical (unpaired) electrons. The van der Waals surface area contributed by atoms with E-state index in [1.807, 2.05) is 11.4 Å². The molecule has 0 N–H and O–H groups in total. The minimum absolute atomic E-state index is 0.169. The van der Waals surface area contributed by atoms with E-state index >= 15 is 0 Å². The fraction of sp³-hybridized carbons (Fsp3) is 0.125. The Bertz CT molecular complexity index is 480. The van der Waals surface area contributed by atoms with Crippen molar-refractivity contribution in [3.8, 4) is 0 Å². The molecule has 0 bridgehead atoms. The van der Waals surface area contributed by atoms with E-state index in [-0.39, 0.29) is 11.6 Å². The molecule has 5 heteroatoms. The van der Waals surface area contributed by atoms with Gasteiger partial charge in [-0.25, -0.2) is 9.97 Å². The molecule has 3 nitrogen and oxygen atoms in total. The number of hydrogen-bond donors (Lipinski definition) is 0. The standard InChI is InChI=1S/C8H5ClN2OS/c1-4(12)7-10-6(9)5-2-3-13-8(5)11-7/h2-3H,1H3. The highest BCUT2D eigenvalue weighted by Gasteiger charge is 2.09. The van der Waals surface area contributed by atoms with Gasteiger partial charge in [-0.3, -0.25) is 4.79 Å². The molecule has 2 rings (SSSR count). The molecule has 13 heavy (non-hydrogen) atoms. The average molecular weight is 213 g/mol. The lowest BCUT2D eigenvalue weighted by atomic mass is 10.4. The van der Waals surface area contributed by atoms with E-state index in [0.717, 1.165) is 10.2 Å². The van der Waals surface area contributed by atoms with Gasteiger partial charge >= 0.3 is 0 Å². The minimum Gasteiger partial charge on any atom is -0.291 e. The smallest absolute Gasteiger partial charge is 0.198 e. The third kappa shape index (κ3) is 1.43. The first-order valence-corrected chi connectivity index (χ1v) is 4.86. The van der Waals surface area contributed by atoms with Gasteiger partial charge in [0.05, 0.1) is 0 Å². The Morgan fingerprint density at radius 1 is 1.54 bits per heavy atom. The van der Waals surface area contributed by atoms with Crippen molar-refractivity contribution >= 4 is 38.9 Å². The third-order valence-electron chi connectivity index (χ3n) is 1.59. The Hall–Kier alpha value is -1.00. The van der Waals surface area contributed by atoms with Gasteiger partial charge < -0.3 is 0 Å². The number of carbonyl (C=O) groups is 1. The molecule has 66 valence electrons. The molecule has 0 spiro atoms. The molecule has 2 heterocycles. The maximum Gasteiger partial charge on any atom is 0.198 e. The van der Waals surface area contributed by atoms with Crippen LogP contribution in [0.3, 0.4) is 0 Å². The summed E-state index contributed by atoms with van der Waals surface area (Å²) in [5.41, 5.74) is 0. The molecular formula is C8H5ClN2OS. The minimum atomic E-state index is -0.169. The maximum absolute atomic E-state index is 11.0. The Morgan fingerprint density at radius 2 is 2.31 bits per heavy atom. The number of Topliss-reactive ketones (excluding diaryl/α,β-unsaturated/α-hetero) is 1. The number of carbonyl (C=O) groups excluding carboxylic acids is 1. The lowest BCUT2D eigenvalue weighted by Crippen LogP contribution is -2.00. The molecule has 0 aliphatic heterocycles. The number of ketones is 1. The van der Waals surface area contributed by atoms with E-state index in [1.165, 1.54) is 18.3 Å². The van der Waals surface area contributed by atoms with Crippen LogP contribution in [0.25, 0.3) is 10.2 Å². The van der Waals surface area contributed by atoms with Crippen molar-refractivity contribution in [3.05, 3.63) is 22.4 Å². The topological polar surface area (TPSA) is 42.9 Å². The lowest BCUT2D eigenvalue weighted by Gasteiger charge is -1.96. The maximum atomic E-state index is 11.0. The van der Waals surface area contributed by atoms with Crippen LogP contribution in [0.2, 0.25) is 5.15 Å². The molecule has 0 saturated heterocycles. The van der Waals surface area contributed by atoms with Gasteiger partial charge in [-0.05, 0) is 11.4 Å². The Kier molecular flexibility index (Phi) is 2.01. The van der Waals surface area contributed by atoms with Crippen LogP contribution in [0.4, 0.5) is 0 Å². The molecule has 2 aromatic heterocycles. The van der Waals surface area contributed by atoms with Gasteiger partial charge in [-0.1, -0.05) is 11.6 Å². The van der Waals surface area contributed by atoms with E-state index in [2.05, 4.69) is 9.97 Å². The van der Waals surface area contributed by atoms with Crippen molar-refractivity contribution in [2.24, 2.45) is 0 Å². The summed E-state index contributed by atoms with van der Waals surface area (Å²) in [5, 5.41) is 3.02. The van der Waals surface area contributed by atoms with E-state index < -0.39 is 0 Å². The number of fused-ring (bicyclic) bond motifs is 1. The summed E-state index contributed by atoms with van der Waals surface area (Å²) in [7, 11) is 0. The zero-order chi connectivity index (χ0) is 9.42. The van der Waals surface area contributed by atoms with Gasteiger partial charge in [0.1, 0.15) is 9.98 Å². The van der Waals surface area contributed by atoms with Gasteiger partial charge in [0.25, 0.3) is 0 Å². The van der Waals surface area contributed by atoms with Crippen LogP contribution in [-0.4, -0.2) is 15.8 Å². The number of thiophene rings is 1. The van der Waals surface area contributed by atoms with E-state index in [0.29, 0.717) is 5.15 Å². The normalized spacial score (nSPS) is 10.6. The quantitative estimate of drug-likeness (QED) is 0.539. The Morgan fingerprint density at radius 3 is 3.00 bits per heavy atom. The van der Waals surface area contributed by atoms with Gasteiger partial charge in [0.15, 0.2) is 11.6 Å². The van der Waals surface area contributed by atoms with Crippen molar-refractivity contribution in [1.29, 1.82) is 0 Å². The third-order valence-corrected chi connectivity index (χ3v) is 2.69. The zero-order valence-corrected chi connectivity index (χ0v) is 8.32. The Balaban J connectivity index is 2.77. The molecule has 0 aliphatic rings. The van der Waals surface area contributed by atoms with Crippen LogP contribution in [0.1, 0.15) is 17.5 Å². The molecule has 0 atom stereocenters. The molecule has 0 aromatic carbocycles. The van der Waals surface area contributed by atoms with E-state index in [9.17, 15) is 4.79 Å². The van der Waals surface area contributed by atoms with Gasteiger partial charge in [0.2, 0.25) is 0 Å². The van der Waals surface area contributed by atoms with Crippen molar-refractivity contribution in [1.82, 2.24) is 9.97 Å². The fourth-order valence-electron chi connectivity index (χ4n) is 0.977. The van der Waals surface area contributed by atoms with Gasteiger partial charge in [-0.2, -0.15) is 0 Å². The molecule has 0 amide bonds. The summed E-state index contributed by atoms with van der Waals surface area (Å²) >= 11 is 7.30. The van der Waals surface area contributed by atoms with E-state index in [4.69, 9.17) is 11.6 Å². The zero-order valence-electron chi connectivity index (χ0n) is 6.74. The first-order valence-electron chi connectivity index (χ1n) is 3.60. The number of aromatic nitrogens is 2. The van der Waals surface area contributed by atoms with Crippen molar-refractivity contribution < 1.29 is 4.79 Å². The second kappa shape index (κ2) is 3.05. The number of halogens is 1. The number of nitrogens with zero attached hydrogens (tertiary/aromatic N) is 2. The molecule has 0 unspecified atom stereocenters. The van der Waals surface area contributed by atoms with Crippen LogP contribution in [0.5, 0.6) is 0 Å². The largest absolute Gasteiger partial charge is 0.291 e. The summed E-state index contributed by atoms with van der Waals surface area (Å²) in [4.78, 5) is 19.7. The van der Waals surface area contributed by atoms with E-state index in [1.54, 1.807) is 0 Å². The van der Waals surface area contributed by atoms with Crippen LogP contribution in [0, 0.1) is 0 Å².